The molecule has 0 radical (unpaired) electrons. The van der Waals surface area contributed by atoms with E-state index in [4.69, 9.17) is 0 Å². The van der Waals surface area contributed by atoms with E-state index in [1.165, 1.54) is 19.3 Å². The van der Waals surface area contributed by atoms with Gasteiger partial charge in [0.2, 0.25) is 5.91 Å². The van der Waals surface area contributed by atoms with Crippen LogP contribution >= 0.6 is 0 Å². The highest BCUT2D eigenvalue weighted by atomic mass is 16.1. The Hall–Kier alpha value is -0.530. The zero-order valence-corrected chi connectivity index (χ0v) is 11.5. The Labute approximate surface area is 103 Å². The van der Waals surface area contributed by atoms with E-state index in [0.29, 0.717) is 12.3 Å². The van der Waals surface area contributed by atoms with Crippen LogP contribution in [0.1, 0.15) is 67.6 Å². The summed E-state index contributed by atoms with van der Waals surface area (Å²) >= 11 is 0. The molecule has 16 heavy (non-hydrogen) atoms. The van der Waals surface area contributed by atoms with Crippen molar-refractivity contribution in [3.05, 3.63) is 0 Å². The van der Waals surface area contributed by atoms with Gasteiger partial charge in [0, 0.05) is 14.4 Å². The number of nitrogens with one attached hydrogen (secondary N) is 1. The molecule has 1 amide bonds. The molecule has 1 N–H and O–H groups in total. The lowest BCUT2D eigenvalue weighted by Gasteiger charge is -2.07. The topological polar surface area (TPSA) is 29.1 Å². The number of amides is 1. The average molecular weight is 229 g/mol. The first-order valence-electron chi connectivity index (χ1n) is 6.79. The normalized spacial score (nSPS) is 11.1. The van der Waals surface area contributed by atoms with Crippen LogP contribution < -0.4 is 5.32 Å². The summed E-state index contributed by atoms with van der Waals surface area (Å²) in [5, 5.41) is 2.99. The van der Waals surface area contributed by atoms with E-state index >= 15 is 0 Å². The van der Waals surface area contributed by atoms with Gasteiger partial charge in [0.1, 0.15) is 0 Å². The minimum Gasteiger partial charge on any atom is -0.356 e. The quantitative estimate of drug-likeness (QED) is 0.595. The second kappa shape index (κ2) is 9.68. The van der Waals surface area contributed by atoms with Crippen molar-refractivity contribution in [1.82, 2.24) is 5.32 Å². The van der Waals surface area contributed by atoms with Crippen LogP contribution in [0, 0.1) is 11.8 Å². The standard InChI is InChI=1S/C14H29NO.H2/c1-12(2)8-6-5-7-11-15-14(16)10-9-13(3)4;/h12-13H,5-11H2,1-4H3,(H,15,16);1H. The molecule has 0 atom stereocenters. The first-order chi connectivity index (χ1) is 7.52. The van der Waals surface area contributed by atoms with E-state index in [1.807, 2.05) is 0 Å². The molecule has 0 aliphatic carbocycles. The first-order valence-corrected chi connectivity index (χ1v) is 6.79. The van der Waals surface area contributed by atoms with E-state index in [2.05, 4.69) is 33.0 Å². The zero-order chi connectivity index (χ0) is 12.4. The molecule has 0 rings (SSSR count). The predicted molar refractivity (Wildman–Crippen MR) is 72.5 cm³/mol. The molecule has 0 aromatic heterocycles. The smallest absolute Gasteiger partial charge is 0.220 e. The van der Waals surface area contributed by atoms with Gasteiger partial charge in [-0.3, -0.25) is 4.79 Å². The number of hydrogen-bond acceptors (Lipinski definition) is 1. The number of rotatable bonds is 9. The molecule has 0 spiro atoms. The fourth-order valence-corrected chi connectivity index (χ4v) is 1.59. The van der Waals surface area contributed by atoms with Gasteiger partial charge in [-0.25, -0.2) is 0 Å². The van der Waals surface area contributed by atoms with Crippen molar-refractivity contribution in [2.24, 2.45) is 11.8 Å². The van der Waals surface area contributed by atoms with E-state index in [-0.39, 0.29) is 7.33 Å². The molecule has 0 aromatic rings. The molecule has 0 aromatic carbocycles. The Kier molecular flexibility index (Phi) is 9.36. The molecule has 0 aliphatic rings. The third-order valence-corrected chi connectivity index (χ3v) is 2.73. The largest absolute Gasteiger partial charge is 0.356 e. The molecular weight excluding hydrogens is 198 g/mol. The summed E-state index contributed by atoms with van der Waals surface area (Å²) in [6.45, 7) is 9.68. The fourth-order valence-electron chi connectivity index (χ4n) is 1.59. The van der Waals surface area contributed by atoms with Gasteiger partial charge in [-0.1, -0.05) is 47.0 Å². The second-order valence-corrected chi connectivity index (χ2v) is 5.53. The van der Waals surface area contributed by atoms with E-state index < -0.39 is 0 Å². The fraction of sp³-hybridized carbons (Fsp3) is 0.929. The number of unbranched alkanes of at least 4 members (excludes halogenated alkanes) is 2. The van der Waals surface area contributed by atoms with Gasteiger partial charge in [0.25, 0.3) is 0 Å². The van der Waals surface area contributed by atoms with Gasteiger partial charge in [0.05, 0.1) is 0 Å². The van der Waals surface area contributed by atoms with Crippen LogP contribution in [-0.4, -0.2) is 12.5 Å². The molecule has 0 fully saturated rings. The lowest BCUT2D eigenvalue weighted by Crippen LogP contribution is -2.24. The van der Waals surface area contributed by atoms with E-state index in [0.717, 1.165) is 25.3 Å². The molecular formula is C14H31NO. The highest BCUT2D eigenvalue weighted by molar-refractivity contribution is 5.75. The minimum absolute atomic E-state index is 0. The van der Waals surface area contributed by atoms with Gasteiger partial charge in [-0.15, -0.1) is 0 Å². The average Bonchev–Trinajstić information content (AvgIpc) is 2.19. The van der Waals surface area contributed by atoms with Crippen molar-refractivity contribution in [3.63, 3.8) is 0 Å². The molecule has 0 saturated heterocycles. The molecule has 0 aliphatic heterocycles. The van der Waals surface area contributed by atoms with Crippen LogP contribution in [0.4, 0.5) is 0 Å². The van der Waals surface area contributed by atoms with Gasteiger partial charge >= 0.3 is 0 Å². The van der Waals surface area contributed by atoms with Crippen molar-refractivity contribution in [1.29, 1.82) is 0 Å². The third-order valence-electron chi connectivity index (χ3n) is 2.73. The van der Waals surface area contributed by atoms with Gasteiger partial charge in [-0.05, 0) is 24.7 Å². The molecule has 0 saturated carbocycles. The lowest BCUT2D eigenvalue weighted by atomic mass is 10.1. The number of carbonyl (C=O) groups is 1. The maximum atomic E-state index is 11.4. The Bertz CT molecular complexity index is 181. The Morgan fingerprint density at radius 1 is 1.00 bits per heavy atom. The lowest BCUT2D eigenvalue weighted by molar-refractivity contribution is -0.121. The zero-order valence-electron chi connectivity index (χ0n) is 11.5. The van der Waals surface area contributed by atoms with E-state index in [9.17, 15) is 4.79 Å². The SMILES string of the molecule is CC(C)CCCCCNC(=O)CCC(C)C.[HH]. The van der Waals surface area contributed by atoms with Crippen LogP contribution in [0.15, 0.2) is 0 Å². The summed E-state index contributed by atoms with van der Waals surface area (Å²) in [4.78, 5) is 11.4. The Morgan fingerprint density at radius 2 is 1.62 bits per heavy atom. The molecule has 0 bridgehead atoms. The minimum atomic E-state index is 0. The summed E-state index contributed by atoms with van der Waals surface area (Å²) < 4.78 is 0. The maximum Gasteiger partial charge on any atom is 0.220 e. The Balaban J connectivity index is 0. The van der Waals surface area contributed by atoms with Crippen molar-refractivity contribution in [2.75, 3.05) is 6.54 Å². The maximum absolute atomic E-state index is 11.4. The number of carbonyl (C=O) groups excluding carboxylic acids is 1. The van der Waals surface area contributed by atoms with Crippen LogP contribution in [0.2, 0.25) is 0 Å². The highest BCUT2D eigenvalue weighted by Crippen LogP contribution is 2.07. The molecule has 0 heterocycles. The van der Waals surface area contributed by atoms with Gasteiger partial charge in [-0.2, -0.15) is 0 Å². The van der Waals surface area contributed by atoms with Crippen molar-refractivity contribution in [2.45, 2.75) is 66.2 Å². The molecule has 0 unspecified atom stereocenters. The second-order valence-electron chi connectivity index (χ2n) is 5.53. The number of hydrogen-bond donors (Lipinski definition) is 1. The highest BCUT2D eigenvalue weighted by Gasteiger charge is 2.02. The van der Waals surface area contributed by atoms with Crippen molar-refractivity contribution in [3.8, 4) is 0 Å². The summed E-state index contributed by atoms with van der Waals surface area (Å²) in [6, 6.07) is 0. The van der Waals surface area contributed by atoms with Crippen molar-refractivity contribution >= 4 is 5.91 Å². The van der Waals surface area contributed by atoms with Crippen LogP contribution in [0.3, 0.4) is 0 Å². The van der Waals surface area contributed by atoms with Crippen molar-refractivity contribution < 1.29 is 6.22 Å². The molecule has 2 heteroatoms. The van der Waals surface area contributed by atoms with Crippen LogP contribution in [0.5, 0.6) is 0 Å². The molecule has 2 nitrogen and oxygen atoms in total. The summed E-state index contributed by atoms with van der Waals surface area (Å²) in [5.74, 6) is 1.65. The molecule has 98 valence electrons. The third kappa shape index (κ3) is 11.5. The first kappa shape index (κ1) is 15.5. The monoisotopic (exact) mass is 229 g/mol. The van der Waals surface area contributed by atoms with Crippen LogP contribution in [0.25, 0.3) is 0 Å². The Morgan fingerprint density at radius 3 is 2.19 bits per heavy atom. The van der Waals surface area contributed by atoms with Crippen LogP contribution in [-0.2, 0) is 4.79 Å². The summed E-state index contributed by atoms with van der Waals surface area (Å²) in [5.41, 5.74) is 0. The summed E-state index contributed by atoms with van der Waals surface area (Å²) in [7, 11) is 0. The predicted octanol–water partition coefficient (Wildman–Crippen LogP) is 4.00. The van der Waals surface area contributed by atoms with Gasteiger partial charge < -0.3 is 5.32 Å². The van der Waals surface area contributed by atoms with Gasteiger partial charge in [0.15, 0.2) is 0 Å². The van der Waals surface area contributed by atoms with E-state index in [1.54, 1.807) is 0 Å². The summed E-state index contributed by atoms with van der Waals surface area (Å²) in [6.07, 6.45) is 6.65.